The summed E-state index contributed by atoms with van der Waals surface area (Å²) in [5, 5.41) is 2.73. The van der Waals surface area contributed by atoms with Gasteiger partial charge in [-0.25, -0.2) is 8.42 Å². The molecule has 0 unspecified atom stereocenters. The van der Waals surface area contributed by atoms with Crippen LogP contribution in [-0.2, 0) is 20.2 Å². The van der Waals surface area contributed by atoms with Gasteiger partial charge in [-0.1, -0.05) is 51.1 Å². The number of carbonyl (C=O) groups excluding carboxylic acids is 1. The van der Waals surface area contributed by atoms with Crippen molar-refractivity contribution in [3.8, 4) is 5.75 Å². The van der Waals surface area contributed by atoms with Crippen LogP contribution in [-0.4, -0.2) is 20.9 Å². The molecule has 7 heteroatoms. The van der Waals surface area contributed by atoms with Crippen molar-refractivity contribution in [3.05, 3.63) is 83.9 Å². The molecule has 2 N–H and O–H groups in total. The van der Waals surface area contributed by atoms with E-state index in [2.05, 4.69) is 30.8 Å². The lowest BCUT2D eigenvalue weighted by Crippen LogP contribution is -2.22. The molecule has 1 amide bonds. The first-order valence-corrected chi connectivity index (χ1v) is 11.7. The first-order valence-electron chi connectivity index (χ1n) is 10.3. The van der Waals surface area contributed by atoms with Crippen molar-refractivity contribution in [2.24, 2.45) is 0 Å². The third-order valence-electron chi connectivity index (χ3n) is 4.77. The molecule has 0 fully saturated rings. The molecule has 0 spiro atoms. The quantitative estimate of drug-likeness (QED) is 0.522. The summed E-state index contributed by atoms with van der Waals surface area (Å²) in [6.45, 7) is 7.98. The fourth-order valence-corrected chi connectivity index (χ4v) is 4.24. The Balaban J connectivity index is 1.62. The molecule has 3 aromatic carbocycles. The number of sulfonamides is 1. The molecule has 0 radical (unpaired) electrons. The van der Waals surface area contributed by atoms with Crippen molar-refractivity contribution in [1.82, 2.24) is 0 Å². The zero-order valence-electron chi connectivity index (χ0n) is 18.7. The average molecular weight is 453 g/mol. The van der Waals surface area contributed by atoms with Gasteiger partial charge in [0, 0.05) is 11.4 Å². The minimum Gasteiger partial charge on any atom is -0.483 e. The van der Waals surface area contributed by atoms with E-state index in [-0.39, 0.29) is 22.8 Å². The van der Waals surface area contributed by atoms with Crippen molar-refractivity contribution in [3.63, 3.8) is 0 Å². The summed E-state index contributed by atoms with van der Waals surface area (Å²) < 4.78 is 33.5. The van der Waals surface area contributed by atoms with E-state index in [0.29, 0.717) is 17.1 Å². The lowest BCUT2D eigenvalue weighted by atomic mass is 9.86. The van der Waals surface area contributed by atoms with Crippen LogP contribution in [0.25, 0.3) is 0 Å². The number of ether oxygens (including phenoxy) is 1. The smallest absolute Gasteiger partial charge is 0.262 e. The van der Waals surface area contributed by atoms with Crippen LogP contribution in [0, 0.1) is 6.92 Å². The fourth-order valence-electron chi connectivity index (χ4n) is 3.19. The van der Waals surface area contributed by atoms with E-state index < -0.39 is 10.0 Å². The summed E-state index contributed by atoms with van der Waals surface area (Å²) in [6.07, 6.45) is 0. The molecule has 0 bridgehead atoms. The van der Waals surface area contributed by atoms with Gasteiger partial charge in [0.2, 0.25) is 0 Å². The number of rotatable bonds is 7. The van der Waals surface area contributed by atoms with Gasteiger partial charge < -0.3 is 10.1 Å². The number of carbonyl (C=O) groups is 1. The lowest BCUT2D eigenvalue weighted by Gasteiger charge is -2.22. The summed E-state index contributed by atoms with van der Waals surface area (Å²) in [4.78, 5) is 12.4. The summed E-state index contributed by atoms with van der Waals surface area (Å²) in [7, 11) is -3.73. The highest BCUT2D eigenvalue weighted by Crippen LogP contribution is 2.30. The van der Waals surface area contributed by atoms with Gasteiger partial charge in [0.15, 0.2) is 6.61 Å². The van der Waals surface area contributed by atoms with Crippen LogP contribution in [0.2, 0.25) is 0 Å². The molecule has 0 aromatic heterocycles. The molecule has 32 heavy (non-hydrogen) atoms. The third kappa shape index (κ3) is 6.11. The molecular formula is C25H28N2O4S. The van der Waals surface area contributed by atoms with Gasteiger partial charge in [-0.3, -0.25) is 9.52 Å². The lowest BCUT2D eigenvalue weighted by molar-refractivity contribution is -0.118. The van der Waals surface area contributed by atoms with E-state index in [0.717, 1.165) is 11.1 Å². The maximum absolute atomic E-state index is 12.6. The van der Waals surface area contributed by atoms with Crippen LogP contribution in [0.4, 0.5) is 11.4 Å². The van der Waals surface area contributed by atoms with Gasteiger partial charge in [-0.15, -0.1) is 0 Å². The number of hydrogen-bond donors (Lipinski definition) is 2. The predicted molar refractivity (Wildman–Crippen MR) is 128 cm³/mol. The van der Waals surface area contributed by atoms with Gasteiger partial charge in [0.25, 0.3) is 15.9 Å². The highest BCUT2D eigenvalue weighted by atomic mass is 32.2. The SMILES string of the molecule is Cc1cccc(NS(=O)(=O)c2ccc(NC(=O)COc3ccccc3C(C)(C)C)cc2)c1. The molecular weight excluding hydrogens is 424 g/mol. The maximum Gasteiger partial charge on any atom is 0.262 e. The van der Waals surface area contributed by atoms with Crippen molar-refractivity contribution in [1.29, 1.82) is 0 Å². The molecule has 0 aliphatic rings. The Labute approximate surface area is 189 Å². The maximum atomic E-state index is 12.6. The number of para-hydroxylation sites is 1. The summed E-state index contributed by atoms with van der Waals surface area (Å²) in [6, 6.07) is 20.7. The molecule has 168 valence electrons. The molecule has 0 aliphatic heterocycles. The van der Waals surface area contributed by atoms with Crippen molar-refractivity contribution >= 4 is 27.3 Å². The van der Waals surface area contributed by atoms with Crippen LogP contribution in [0.5, 0.6) is 5.75 Å². The zero-order valence-corrected chi connectivity index (χ0v) is 19.5. The molecule has 0 aliphatic carbocycles. The molecule has 6 nitrogen and oxygen atoms in total. The normalized spacial score (nSPS) is 11.6. The number of anilines is 2. The second-order valence-electron chi connectivity index (χ2n) is 8.58. The Morgan fingerprint density at radius 3 is 2.25 bits per heavy atom. The highest BCUT2D eigenvalue weighted by Gasteiger charge is 2.19. The fraction of sp³-hybridized carbons (Fsp3) is 0.240. The molecule has 3 rings (SSSR count). The van der Waals surface area contributed by atoms with Gasteiger partial charge in [-0.05, 0) is 65.9 Å². The van der Waals surface area contributed by atoms with E-state index in [1.807, 2.05) is 37.3 Å². The van der Waals surface area contributed by atoms with Gasteiger partial charge in [0.1, 0.15) is 5.75 Å². The number of aryl methyl sites for hydroxylation is 1. The molecule has 0 saturated heterocycles. The van der Waals surface area contributed by atoms with Gasteiger partial charge in [-0.2, -0.15) is 0 Å². The summed E-state index contributed by atoms with van der Waals surface area (Å²) in [5.41, 5.74) is 2.84. The van der Waals surface area contributed by atoms with Crippen LogP contribution in [0.3, 0.4) is 0 Å². The minimum absolute atomic E-state index is 0.104. The van der Waals surface area contributed by atoms with E-state index in [4.69, 9.17) is 4.74 Å². The highest BCUT2D eigenvalue weighted by molar-refractivity contribution is 7.92. The summed E-state index contributed by atoms with van der Waals surface area (Å²) >= 11 is 0. The second-order valence-corrected chi connectivity index (χ2v) is 10.3. The Hall–Kier alpha value is -3.32. The minimum atomic E-state index is -3.73. The molecule has 0 saturated carbocycles. The Morgan fingerprint density at radius 2 is 1.59 bits per heavy atom. The number of benzene rings is 3. The molecule has 0 atom stereocenters. The number of amides is 1. The van der Waals surface area contributed by atoms with Crippen molar-refractivity contribution in [2.45, 2.75) is 38.0 Å². The molecule has 0 heterocycles. The van der Waals surface area contributed by atoms with E-state index in [9.17, 15) is 13.2 Å². The Kier molecular flexibility index (Phi) is 6.89. The van der Waals surface area contributed by atoms with Crippen molar-refractivity contribution < 1.29 is 17.9 Å². The van der Waals surface area contributed by atoms with Crippen molar-refractivity contribution in [2.75, 3.05) is 16.6 Å². The van der Waals surface area contributed by atoms with E-state index in [1.165, 1.54) is 12.1 Å². The monoisotopic (exact) mass is 452 g/mol. The van der Waals surface area contributed by atoms with Crippen LogP contribution in [0.15, 0.2) is 77.7 Å². The summed E-state index contributed by atoms with van der Waals surface area (Å²) in [5.74, 6) is 0.334. The average Bonchev–Trinajstić information content (AvgIpc) is 2.72. The predicted octanol–water partition coefficient (Wildman–Crippen LogP) is 5.11. The topological polar surface area (TPSA) is 84.5 Å². The number of nitrogens with one attached hydrogen (secondary N) is 2. The largest absolute Gasteiger partial charge is 0.483 e. The standard InChI is InChI=1S/C25H28N2O4S/c1-18-8-7-9-20(16-18)27-32(29,30)21-14-12-19(13-15-21)26-24(28)17-31-23-11-6-5-10-22(23)25(2,3)4/h5-16,27H,17H2,1-4H3,(H,26,28). The second kappa shape index (κ2) is 9.44. The zero-order chi connectivity index (χ0) is 23.4. The molecule has 3 aromatic rings. The van der Waals surface area contributed by atoms with Gasteiger partial charge in [0.05, 0.1) is 4.90 Å². The first-order chi connectivity index (χ1) is 15.0. The Bertz CT molecular complexity index is 1200. The number of hydrogen-bond acceptors (Lipinski definition) is 4. The first kappa shape index (κ1) is 23.3. The van der Waals surface area contributed by atoms with Crippen LogP contribution >= 0.6 is 0 Å². The Morgan fingerprint density at radius 1 is 0.906 bits per heavy atom. The van der Waals surface area contributed by atoms with E-state index >= 15 is 0 Å². The van der Waals surface area contributed by atoms with Gasteiger partial charge >= 0.3 is 0 Å². The van der Waals surface area contributed by atoms with Crippen LogP contribution in [0.1, 0.15) is 31.9 Å². The third-order valence-corrected chi connectivity index (χ3v) is 6.17. The van der Waals surface area contributed by atoms with E-state index in [1.54, 1.807) is 30.3 Å². The van der Waals surface area contributed by atoms with Crippen LogP contribution < -0.4 is 14.8 Å².